The van der Waals surface area contributed by atoms with Crippen molar-refractivity contribution in [3.05, 3.63) is 60.8 Å². The van der Waals surface area contributed by atoms with E-state index in [0.29, 0.717) is 0 Å². The molecule has 0 aliphatic rings. The monoisotopic (exact) mass is 271 g/mol. The van der Waals surface area contributed by atoms with Crippen LogP contribution in [0, 0.1) is 6.07 Å². The van der Waals surface area contributed by atoms with Gasteiger partial charge in [0.25, 0.3) is 0 Å². The molecule has 0 atom stereocenters. The second-order valence-electron chi connectivity index (χ2n) is 4.21. The maximum atomic E-state index is 11.2. The van der Waals surface area contributed by atoms with Gasteiger partial charge in [-0.2, -0.15) is 0 Å². The van der Waals surface area contributed by atoms with E-state index in [4.69, 9.17) is 5.14 Å². The molecular weight excluding hydrogens is 260 g/mol. The quantitative estimate of drug-likeness (QED) is 0.775. The summed E-state index contributed by atoms with van der Waals surface area (Å²) in [4.78, 5) is 0.112. The average Bonchev–Trinajstić information content (AvgIpc) is 2.82. The number of fused-ring (bicyclic) bond motifs is 1. The van der Waals surface area contributed by atoms with Gasteiger partial charge in [-0.3, -0.25) is 0 Å². The second-order valence-corrected chi connectivity index (χ2v) is 5.77. The molecule has 0 amide bonds. The molecule has 4 nitrogen and oxygen atoms in total. The Hall–Kier alpha value is -2.11. The molecule has 95 valence electrons. The van der Waals surface area contributed by atoms with Crippen molar-refractivity contribution in [1.29, 1.82) is 0 Å². The molecule has 1 radical (unpaired) electrons. The van der Waals surface area contributed by atoms with Crippen LogP contribution >= 0.6 is 0 Å². The molecule has 19 heavy (non-hydrogen) atoms. The minimum Gasteiger partial charge on any atom is -0.317 e. The Morgan fingerprint density at radius 2 is 1.79 bits per heavy atom. The van der Waals surface area contributed by atoms with E-state index in [0.717, 1.165) is 16.6 Å². The highest BCUT2D eigenvalue weighted by atomic mass is 32.2. The van der Waals surface area contributed by atoms with Gasteiger partial charge in [0, 0.05) is 17.3 Å². The van der Waals surface area contributed by atoms with Gasteiger partial charge in [-0.1, -0.05) is 6.07 Å². The predicted octanol–water partition coefficient (Wildman–Crippen LogP) is 2.08. The fraction of sp³-hybridized carbons (Fsp3) is 0. The first-order valence-corrected chi connectivity index (χ1v) is 7.21. The highest BCUT2D eigenvalue weighted by Crippen LogP contribution is 2.20. The van der Waals surface area contributed by atoms with Crippen LogP contribution in [0.3, 0.4) is 0 Å². The topological polar surface area (TPSA) is 65.1 Å². The number of aromatic nitrogens is 1. The minimum atomic E-state index is -3.65. The van der Waals surface area contributed by atoms with Crippen LogP contribution in [0.5, 0.6) is 0 Å². The molecule has 0 saturated carbocycles. The van der Waals surface area contributed by atoms with Gasteiger partial charge in [-0.05, 0) is 48.5 Å². The standard InChI is InChI=1S/C14H11N2O2S/c15-19(17,18)13-7-5-12(6-8-13)16-10-9-11-3-1-2-4-14(11)16/h2-10H,(H2,15,17,18). The van der Waals surface area contributed by atoms with E-state index in [9.17, 15) is 8.42 Å². The maximum absolute atomic E-state index is 11.2. The fourth-order valence-corrected chi connectivity index (χ4v) is 2.56. The lowest BCUT2D eigenvalue weighted by Crippen LogP contribution is -2.11. The van der Waals surface area contributed by atoms with Crippen LogP contribution < -0.4 is 5.14 Å². The van der Waals surface area contributed by atoms with Gasteiger partial charge in [0.2, 0.25) is 10.0 Å². The molecule has 1 heterocycles. The number of benzene rings is 2. The van der Waals surface area contributed by atoms with Gasteiger partial charge in [0.15, 0.2) is 0 Å². The Balaban J connectivity index is 2.12. The van der Waals surface area contributed by atoms with Crippen molar-refractivity contribution in [1.82, 2.24) is 4.57 Å². The van der Waals surface area contributed by atoms with Crippen molar-refractivity contribution >= 4 is 20.9 Å². The van der Waals surface area contributed by atoms with Crippen molar-refractivity contribution in [3.8, 4) is 5.69 Å². The first-order valence-electron chi connectivity index (χ1n) is 5.66. The lowest BCUT2D eigenvalue weighted by Gasteiger charge is -2.06. The molecule has 0 bridgehead atoms. The van der Waals surface area contributed by atoms with E-state index in [-0.39, 0.29) is 4.90 Å². The van der Waals surface area contributed by atoms with E-state index in [2.05, 4.69) is 6.07 Å². The third-order valence-electron chi connectivity index (χ3n) is 2.98. The van der Waals surface area contributed by atoms with Crippen LogP contribution in [0.1, 0.15) is 0 Å². The Bertz CT molecular complexity index is 833. The van der Waals surface area contributed by atoms with Crippen molar-refractivity contribution in [2.75, 3.05) is 0 Å². The first kappa shape index (κ1) is 12.0. The van der Waals surface area contributed by atoms with Crippen LogP contribution in [0.25, 0.3) is 16.6 Å². The van der Waals surface area contributed by atoms with Crippen LogP contribution in [-0.2, 0) is 10.0 Å². The fourth-order valence-electron chi connectivity index (χ4n) is 2.04. The molecular formula is C14H11N2O2S. The van der Waals surface area contributed by atoms with E-state index in [1.54, 1.807) is 12.1 Å². The van der Waals surface area contributed by atoms with Gasteiger partial charge in [-0.25, -0.2) is 13.6 Å². The van der Waals surface area contributed by atoms with Crippen LogP contribution in [0.4, 0.5) is 0 Å². The molecule has 0 saturated heterocycles. The number of hydrogen-bond donors (Lipinski definition) is 1. The normalized spacial score (nSPS) is 11.8. The van der Waals surface area contributed by atoms with Crippen LogP contribution in [0.15, 0.2) is 59.6 Å². The number of hydrogen-bond acceptors (Lipinski definition) is 2. The number of rotatable bonds is 2. The van der Waals surface area contributed by atoms with Gasteiger partial charge >= 0.3 is 0 Å². The van der Waals surface area contributed by atoms with Crippen molar-refractivity contribution in [3.63, 3.8) is 0 Å². The summed E-state index contributed by atoms with van der Waals surface area (Å²) in [6.07, 6.45) is 1.93. The summed E-state index contributed by atoms with van der Waals surface area (Å²) in [5.74, 6) is 0. The lowest BCUT2D eigenvalue weighted by molar-refractivity contribution is 0.598. The minimum absolute atomic E-state index is 0.112. The van der Waals surface area contributed by atoms with E-state index >= 15 is 0 Å². The molecule has 2 N–H and O–H groups in total. The highest BCUT2D eigenvalue weighted by Gasteiger charge is 2.08. The van der Waals surface area contributed by atoms with Gasteiger partial charge in [0.1, 0.15) is 0 Å². The van der Waals surface area contributed by atoms with Crippen molar-refractivity contribution in [2.24, 2.45) is 5.14 Å². The Morgan fingerprint density at radius 1 is 1.05 bits per heavy atom. The first-order chi connectivity index (χ1) is 9.05. The maximum Gasteiger partial charge on any atom is 0.238 e. The third kappa shape index (κ3) is 2.14. The van der Waals surface area contributed by atoms with Crippen molar-refractivity contribution < 1.29 is 8.42 Å². The van der Waals surface area contributed by atoms with E-state index in [1.165, 1.54) is 12.1 Å². The molecule has 3 rings (SSSR count). The average molecular weight is 271 g/mol. The summed E-state index contributed by atoms with van der Waals surface area (Å²) in [7, 11) is -3.65. The predicted molar refractivity (Wildman–Crippen MR) is 73.5 cm³/mol. The summed E-state index contributed by atoms with van der Waals surface area (Å²) in [6, 6.07) is 17.2. The van der Waals surface area contributed by atoms with E-state index in [1.807, 2.05) is 35.0 Å². The lowest BCUT2D eigenvalue weighted by atomic mass is 10.2. The summed E-state index contributed by atoms with van der Waals surface area (Å²) in [5.41, 5.74) is 1.93. The third-order valence-corrected chi connectivity index (χ3v) is 3.91. The number of nitrogens with two attached hydrogens (primary N) is 1. The second kappa shape index (κ2) is 4.22. The Kier molecular flexibility index (Phi) is 2.66. The Morgan fingerprint density at radius 3 is 2.47 bits per heavy atom. The van der Waals surface area contributed by atoms with Crippen molar-refractivity contribution in [2.45, 2.75) is 4.90 Å². The SMILES string of the molecule is NS(=O)(=O)c1ccc(-n2ccc3c[c]ccc32)cc1. The van der Waals surface area contributed by atoms with Crippen LogP contribution in [0.2, 0.25) is 0 Å². The highest BCUT2D eigenvalue weighted by molar-refractivity contribution is 7.89. The smallest absolute Gasteiger partial charge is 0.238 e. The summed E-state index contributed by atoms with van der Waals surface area (Å²) in [6.45, 7) is 0. The zero-order valence-corrected chi connectivity index (χ0v) is 10.8. The summed E-state index contributed by atoms with van der Waals surface area (Å²) < 4.78 is 24.4. The molecule has 1 aromatic heterocycles. The molecule has 0 unspecified atom stereocenters. The number of sulfonamides is 1. The number of primary sulfonamides is 1. The van der Waals surface area contributed by atoms with E-state index < -0.39 is 10.0 Å². The largest absolute Gasteiger partial charge is 0.317 e. The molecule has 2 aromatic carbocycles. The molecule has 0 fully saturated rings. The molecule has 3 aromatic rings. The van der Waals surface area contributed by atoms with Gasteiger partial charge in [0.05, 0.1) is 10.4 Å². The molecule has 0 aliphatic heterocycles. The molecule has 5 heteroatoms. The van der Waals surface area contributed by atoms with Gasteiger partial charge in [-0.15, -0.1) is 0 Å². The number of nitrogens with zero attached hydrogens (tertiary/aromatic N) is 1. The van der Waals surface area contributed by atoms with Gasteiger partial charge < -0.3 is 4.57 Å². The van der Waals surface area contributed by atoms with Crippen LogP contribution in [-0.4, -0.2) is 13.0 Å². The molecule has 0 spiro atoms. The zero-order valence-electron chi connectivity index (χ0n) is 9.95. The summed E-state index contributed by atoms with van der Waals surface area (Å²) >= 11 is 0. The zero-order chi connectivity index (χ0) is 13.5. The summed E-state index contributed by atoms with van der Waals surface area (Å²) in [5, 5.41) is 6.16. The molecule has 0 aliphatic carbocycles. The Labute approximate surface area is 111 Å².